The van der Waals surface area contributed by atoms with Crippen LogP contribution in [0.5, 0.6) is 0 Å². The Hall–Kier alpha value is -2.93. The summed E-state index contributed by atoms with van der Waals surface area (Å²) in [5.74, 6) is -1.21. The number of sulfonamides is 1. The van der Waals surface area contributed by atoms with Gasteiger partial charge < -0.3 is 5.11 Å². The summed E-state index contributed by atoms with van der Waals surface area (Å²) in [6.45, 7) is 0. The van der Waals surface area contributed by atoms with Crippen molar-refractivity contribution in [1.82, 2.24) is 4.98 Å². The smallest absolute Gasteiger partial charge is 0.338 e. The van der Waals surface area contributed by atoms with Crippen LogP contribution in [0.25, 0.3) is 22.2 Å². The number of rotatable bonds is 1. The minimum absolute atomic E-state index is 0.00241. The number of hydrogen-bond donors (Lipinski definition) is 2. The van der Waals surface area contributed by atoms with Gasteiger partial charge in [-0.05, 0) is 18.2 Å². The highest BCUT2D eigenvalue weighted by atomic mass is 32.2. The maximum absolute atomic E-state index is 12.4. The molecule has 1 aromatic heterocycles. The van der Waals surface area contributed by atoms with Crippen molar-refractivity contribution < 1.29 is 18.3 Å². The number of aromatic nitrogens is 1. The third-order valence-corrected chi connectivity index (χ3v) is 5.11. The molecule has 3 aromatic rings. The molecule has 7 heteroatoms. The van der Waals surface area contributed by atoms with E-state index >= 15 is 0 Å². The standard InChI is InChI=1S/C16H10N2O4S/c19-16(20)13-11-6-1-2-7-12(11)17-14-9-4-3-5-10(8-9)23(21,22)18-15(13)14/h1-8,18H,(H,19,20). The second-order valence-corrected chi connectivity index (χ2v) is 6.85. The number of anilines is 1. The van der Waals surface area contributed by atoms with Crippen LogP contribution in [-0.2, 0) is 10.0 Å². The Morgan fingerprint density at radius 1 is 1.09 bits per heavy atom. The Kier molecular flexibility index (Phi) is 2.70. The predicted molar refractivity (Wildman–Crippen MR) is 84.9 cm³/mol. The van der Waals surface area contributed by atoms with E-state index < -0.39 is 16.0 Å². The molecule has 0 amide bonds. The third-order valence-electron chi connectivity index (χ3n) is 3.76. The first-order valence-corrected chi connectivity index (χ1v) is 8.25. The van der Waals surface area contributed by atoms with Gasteiger partial charge in [-0.2, -0.15) is 0 Å². The number of benzene rings is 2. The van der Waals surface area contributed by atoms with E-state index in [1.165, 1.54) is 12.1 Å². The summed E-state index contributed by atoms with van der Waals surface area (Å²) >= 11 is 0. The molecule has 4 rings (SSSR count). The normalized spacial score (nSPS) is 14.6. The molecule has 0 unspecified atom stereocenters. The summed E-state index contributed by atoms with van der Waals surface area (Å²) in [6, 6.07) is 13.0. The van der Waals surface area contributed by atoms with E-state index in [4.69, 9.17) is 0 Å². The number of hydrogen-bond acceptors (Lipinski definition) is 4. The number of pyridine rings is 1. The number of nitrogens with zero attached hydrogens (tertiary/aromatic N) is 1. The molecule has 0 saturated carbocycles. The van der Waals surface area contributed by atoms with Gasteiger partial charge in [0.25, 0.3) is 10.0 Å². The van der Waals surface area contributed by atoms with Gasteiger partial charge in [0, 0.05) is 10.9 Å². The second-order valence-electron chi connectivity index (χ2n) is 5.17. The lowest BCUT2D eigenvalue weighted by Gasteiger charge is -2.13. The van der Waals surface area contributed by atoms with Gasteiger partial charge in [0.2, 0.25) is 0 Å². The molecule has 0 atom stereocenters. The Balaban J connectivity index is 2.21. The van der Waals surface area contributed by atoms with Gasteiger partial charge in [-0.25, -0.2) is 18.2 Å². The number of fused-ring (bicyclic) bond motifs is 5. The molecular formula is C16H10N2O4S. The van der Waals surface area contributed by atoms with Crippen LogP contribution in [0.3, 0.4) is 0 Å². The summed E-state index contributed by atoms with van der Waals surface area (Å²) in [6.07, 6.45) is 0. The van der Waals surface area contributed by atoms with Crippen LogP contribution in [-0.4, -0.2) is 24.5 Å². The van der Waals surface area contributed by atoms with Crippen LogP contribution < -0.4 is 4.72 Å². The van der Waals surface area contributed by atoms with E-state index in [2.05, 4.69) is 9.71 Å². The number of carbonyl (C=O) groups is 1. The summed E-state index contributed by atoms with van der Waals surface area (Å²) in [4.78, 5) is 16.3. The first-order valence-electron chi connectivity index (χ1n) is 6.77. The molecule has 2 bridgehead atoms. The number of para-hydroxylation sites is 1. The van der Waals surface area contributed by atoms with Gasteiger partial charge >= 0.3 is 5.97 Å². The van der Waals surface area contributed by atoms with Gasteiger partial charge in [-0.3, -0.25) is 4.72 Å². The highest BCUT2D eigenvalue weighted by Crippen LogP contribution is 2.38. The van der Waals surface area contributed by atoms with Gasteiger partial charge in [0.1, 0.15) is 0 Å². The highest BCUT2D eigenvalue weighted by molar-refractivity contribution is 7.92. The summed E-state index contributed by atoms with van der Waals surface area (Å²) in [7, 11) is -3.85. The van der Waals surface area contributed by atoms with Crippen molar-refractivity contribution in [1.29, 1.82) is 0 Å². The molecule has 6 nitrogen and oxygen atoms in total. The van der Waals surface area contributed by atoms with Crippen molar-refractivity contribution in [2.75, 3.05) is 4.72 Å². The van der Waals surface area contributed by atoms with E-state index in [1.54, 1.807) is 36.4 Å². The lowest BCUT2D eigenvalue weighted by atomic mass is 10.0. The lowest BCUT2D eigenvalue weighted by Crippen LogP contribution is -2.15. The van der Waals surface area contributed by atoms with Crippen molar-refractivity contribution in [3.8, 4) is 11.3 Å². The van der Waals surface area contributed by atoms with Crippen LogP contribution in [0, 0.1) is 0 Å². The van der Waals surface area contributed by atoms with Crippen LogP contribution in [0.2, 0.25) is 0 Å². The SMILES string of the molecule is O=C(O)c1c2c(nc3ccccc13)-c1cccc(c1)S(=O)(=O)N2. The molecule has 2 aromatic carbocycles. The van der Waals surface area contributed by atoms with Crippen LogP contribution >= 0.6 is 0 Å². The van der Waals surface area contributed by atoms with E-state index in [0.717, 1.165) is 0 Å². The summed E-state index contributed by atoms with van der Waals surface area (Å²) < 4.78 is 27.2. The Morgan fingerprint density at radius 2 is 1.87 bits per heavy atom. The minimum Gasteiger partial charge on any atom is -0.478 e. The Labute approximate surface area is 131 Å². The van der Waals surface area contributed by atoms with Gasteiger partial charge in [0.05, 0.1) is 27.4 Å². The first kappa shape index (κ1) is 13.7. The zero-order valence-corrected chi connectivity index (χ0v) is 12.5. The molecule has 23 heavy (non-hydrogen) atoms. The van der Waals surface area contributed by atoms with E-state index in [0.29, 0.717) is 22.2 Å². The fourth-order valence-corrected chi connectivity index (χ4v) is 3.87. The molecule has 2 N–H and O–H groups in total. The van der Waals surface area contributed by atoms with Gasteiger partial charge in [-0.1, -0.05) is 30.3 Å². The first-order chi connectivity index (χ1) is 11.0. The molecule has 1 aliphatic heterocycles. The molecule has 0 radical (unpaired) electrons. The van der Waals surface area contributed by atoms with Crippen molar-refractivity contribution in [2.24, 2.45) is 0 Å². The molecule has 114 valence electrons. The van der Waals surface area contributed by atoms with Gasteiger partial charge in [0.15, 0.2) is 0 Å². The Bertz CT molecular complexity index is 1090. The molecule has 0 aliphatic carbocycles. The topological polar surface area (TPSA) is 96.4 Å². The fraction of sp³-hybridized carbons (Fsp3) is 0. The lowest BCUT2D eigenvalue weighted by molar-refractivity contribution is 0.0700. The predicted octanol–water partition coefficient (Wildman–Crippen LogP) is 2.71. The van der Waals surface area contributed by atoms with Crippen molar-refractivity contribution >= 4 is 32.6 Å². The zero-order chi connectivity index (χ0) is 16.2. The van der Waals surface area contributed by atoms with E-state index in [1.807, 2.05) is 0 Å². The molecule has 2 heterocycles. The molecular weight excluding hydrogens is 316 g/mol. The average molecular weight is 326 g/mol. The number of nitrogens with one attached hydrogen (secondary N) is 1. The summed E-state index contributed by atoms with van der Waals surface area (Å²) in [5, 5.41) is 10.0. The van der Waals surface area contributed by atoms with Crippen LogP contribution in [0.15, 0.2) is 53.4 Å². The van der Waals surface area contributed by atoms with Crippen molar-refractivity contribution in [3.63, 3.8) is 0 Å². The Morgan fingerprint density at radius 3 is 2.65 bits per heavy atom. The maximum atomic E-state index is 12.4. The molecule has 0 saturated heterocycles. The number of carboxylic acids is 1. The quantitative estimate of drug-likeness (QED) is 0.717. The molecule has 0 fully saturated rings. The largest absolute Gasteiger partial charge is 0.478 e. The van der Waals surface area contributed by atoms with Gasteiger partial charge in [-0.15, -0.1) is 0 Å². The van der Waals surface area contributed by atoms with Crippen LogP contribution in [0.4, 0.5) is 5.69 Å². The van der Waals surface area contributed by atoms with E-state index in [9.17, 15) is 18.3 Å². The van der Waals surface area contributed by atoms with Crippen molar-refractivity contribution in [3.05, 3.63) is 54.1 Å². The average Bonchev–Trinajstić information content (AvgIpc) is 2.59. The minimum atomic E-state index is -3.85. The number of aromatic carboxylic acids is 1. The maximum Gasteiger partial charge on any atom is 0.338 e. The monoisotopic (exact) mass is 326 g/mol. The summed E-state index contributed by atoms with van der Waals surface area (Å²) in [5.41, 5.74) is 1.26. The zero-order valence-electron chi connectivity index (χ0n) is 11.6. The van der Waals surface area contributed by atoms with Crippen LogP contribution in [0.1, 0.15) is 10.4 Å². The van der Waals surface area contributed by atoms with Crippen molar-refractivity contribution in [2.45, 2.75) is 4.90 Å². The fourth-order valence-electron chi connectivity index (χ4n) is 2.75. The number of carboxylic acid groups (broad SMARTS) is 1. The molecule has 1 aliphatic rings. The third kappa shape index (κ3) is 1.97. The van der Waals surface area contributed by atoms with E-state index in [-0.39, 0.29) is 16.1 Å². The second kappa shape index (κ2) is 4.53. The molecule has 0 spiro atoms. The highest BCUT2D eigenvalue weighted by Gasteiger charge is 2.28.